The number of hydrogen-bond donors (Lipinski definition) is 0. The van der Waals surface area contributed by atoms with Crippen LogP contribution in [-0.2, 0) is 8.85 Å². The predicted molar refractivity (Wildman–Crippen MR) is 103 cm³/mol. The van der Waals surface area contributed by atoms with Gasteiger partial charge in [-0.1, -0.05) is 41.5 Å². The second-order valence-corrected chi connectivity index (χ2v) is 19.8. The fourth-order valence-electron chi connectivity index (χ4n) is 2.44. The van der Waals surface area contributed by atoms with E-state index >= 15 is 0 Å². The maximum atomic E-state index is 14.7. The van der Waals surface area contributed by atoms with Gasteiger partial charge in [0.25, 0.3) is 0 Å². The first-order valence-corrected chi connectivity index (χ1v) is 14.9. The van der Waals surface area contributed by atoms with Gasteiger partial charge in [0.05, 0.1) is 6.10 Å². The van der Waals surface area contributed by atoms with Crippen LogP contribution in [0.4, 0.5) is 4.39 Å². The summed E-state index contributed by atoms with van der Waals surface area (Å²) in [5, 5.41) is 0.300. The summed E-state index contributed by atoms with van der Waals surface area (Å²) in [5.41, 5.74) is 0. The smallest absolute Gasteiger partial charge is 0.192 e. The van der Waals surface area contributed by atoms with Crippen LogP contribution < -0.4 is 0 Å². The monoisotopic (exact) mass is 362 g/mol. The lowest BCUT2D eigenvalue weighted by atomic mass is 9.94. The standard InChI is InChI=1S/C18H39FO2Si2/c1-17(2,3)22(7,8)20-14-11-12-16(15(19)13-14)21-23(9,10)18(4,5)6/h14-16H,11-13H2,1-10H3/t14?,15-,16?/m0/s1. The highest BCUT2D eigenvalue weighted by Crippen LogP contribution is 2.42. The number of rotatable bonds is 4. The summed E-state index contributed by atoms with van der Waals surface area (Å²) >= 11 is 0. The van der Waals surface area contributed by atoms with Gasteiger partial charge >= 0.3 is 0 Å². The molecule has 0 aromatic heterocycles. The summed E-state index contributed by atoms with van der Waals surface area (Å²) < 4.78 is 27.5. The number of hydrogen-bond acceptors (Lipinski definition) is 2. The molecule has 5 heteroatoms. The summed E-state index contributed by atoms with van der Waals surface area (Å²) in [6.07, 6.45) is 1.12. The molecule has 0 aromatic rings. The zero-order valence-corrected chi connectivity index (χ0v) is 19.0. The van der Waals surface area contributed by atoms with E-state index in [9.17, 15) is 4.39 Å². The molecule has 0 saturated heterocycles. The molecule has 0 aliphatic heterocycles. The normalized spacial score (nSPS) is 28.0. The van der Waals surface area contributed by atoms with Crippen LogP contribution >= 0.6 is 0 Å². The Morgan fingerprint density at radius 2 is 1.22 bits per heavy atom. The fraction of sp³-hybridized carbons (Fsp3) is 1.00. The molecule has 23 heavy (non-hydrogen) atoms. The van der Waals surface area contributed by atoms with E-state index in [-0.39, 0.29) is 22.3 Å². The molecule has 0 heterocycles. The molecule has 1 rings (SSSR count). The van der Waals surface area contributed by atoms with Crippen molar-refractivity contribution in [1.29, 1.82) is 0 Å². The Hall–Kier alpha value is 0.284. The van der Waals surface area contributed by atoms with E-state index < -0.39 is 22.8 Å². The van der Waals surface area contributed by atoms with E-state index in [1.54, 1.807) is 0 Å². The maximum Gasteiger partial charge on any atom is 0.192 e. The Balaban J connectivity index is 2.65. The number of halogens is 1. The highest BCUT2D eigenvalue weighted by Gasteiger charge is 2.45. The highest BCUT2D eigenvalue weighted by molar-refractivity contribution is 6.74. The first-order valence-electron chi connectivity index (χ1n) is 9.06. The number of alkyl halides is 1. The molecule has 1 aliphatic carbocycles. The van der Waals surface area contributed by atoms with Crippen LogP contribution in [0.15, 0.2) is 0 Å². The van der Waals surface area contributed by atoms with Crippen molar-refractivity contribution in [2.24, 2.45) is 0 Å². The largest absolute Gasteiger partial charge is 0.414 e. The minimum absolute atomic E-state index is 0.0603. The lowest BCUT2D eigenvalue weighted by Gasteiger charge is -2.44. The van der Waals surface area contributed by atoms with E-state index in [1.165, 1.54) is 0 Å². The Labute approximate surface area is 145 Å². The second kappa shape index (κ2) is 6.89. The van der Waals surface area contributed by atoms with Crippen LogP contribution in [0.1, 0.15) is 60.8 Å². The third-order valence-corrected chi connectivity index (χ3v) is 15.2. The minimum Gasteiger partial charge on any atom is -0.414 e. The molecule has 1 saturated carbocycles. The minimum atomic E-state index is -1.90. The van der Waals surface area contributed by atoms with E-state index in [2.05, 4.69) is 67.7 Å². The van der Waals surface area contributed by atoms with Gasteiger partial charge in [0, 0.05) is 12.5 Å². The fourth-order valence-corrected chi connectivity index (χ4v) is 5.22. The average Bonchev–Trinajstić information content (AvgIpc) is 2.29. The molecule has 0 amide bonds. The van der Waals surface area contributed by atoms with Crippen molar-refractivity contribution < 1.29 is 13.2 Å². The lowest BCUT2D eigenvalue weighted by Crippen LogP contribution is -2.50. The van der Waals surface area contributed by atoms with Gasteiger partial charge in [0.2, 0.25) is 0 Å². The first kappa shape index (κ1) is 21.3. The summed E-state index contributed by atoms with van der Waals surface area (Å²) in [4.78, 5) is 0. The van der Waals surface area contributed by atoms with Crippen molar-refractivity contribution in [2.45, 2.75) is 115 Å². The molecule has 138 valence electrons. The Morgan fingerprint density at radius 3 is 1.61 bits per heavy atom. The molecule has 0 spiro atoms. The molecular weight excluding hydrogens is 323 g/mol. The summed E-state index contributed by atoms with van der Waals surface area (Å²) in [7, 11) is -3.72. The van der Waals surface area contributed by atoms with E-state index in [1.807, 2.05) is 0 Å². The van der Waals surface area contributed by atoms with Crippen LogP contribution in [0.25, 0.3) is 0 Å². The third kappa shape index (κ3) is 5.38. The third-order valence-electron chi connectivity index (χ3n) is 6.18. The second-order valence-electron chi connectivity index (χ2n) is 10.2. The molecule has 2 nitrogen and oxygen atoms in total. The molecule has 0 N–H and O–H groups in total. The molecule has 1 fully saturated rings. The van der Waals surface area contributed by atoms with Crippen molar-refractivity contribution in [3.8, 4) is 0 Å². The Bertz CT molecular complexity index is 397. The first-order chi connectivity index (χ1) is 10.1. The van der Waals surface area contributed by atoms with Crippen molar-refractivity contribution in [1.82, 2.24) is 0 Å². The van der Waals surface area contributed by atoms with Gasteiger partial charge in [-0.3, -0.25) is 0 Å². The van der Waals surface area contributed by atoms with Crippen LogP contribution in [0.2, 0.25) is 36.3 Å². The molecule has 3 atom stereocenters. The van der Waals surface area contributed by atoms with Crippen molar-refractivity contribution in [2.75, 3.05) is 0 Å². The summed E-state index contributed by atoms with van der Waals surface area (Å²) in [6, 6.07) is 0. The van der Waals surface area contributed by atoms with Gasteiger partial charge in [-0.25, -0.2) is 4.39 Å². The van der Waals surface area contributed by atoms with Gasteiger partial charge in [0.15, 0.2) is 16.6 Å². The van der Waals surface area contributed by atoms with Crippen molar-refractivity contribution in [3.63, 3.8) is 0 Å². The topological polar surface area (TPSA) is 18.5 Å². The van der Waals surface area contributed by atoms with Gasteiger partial charge in [-0.15, -0.1) is 0 Å². The van der Waals surface area contributed by atoms with E-state index in [0.29, 0.717) is 6.42 Å². The quantitative estimate of drug-likeness (QED) is 0.547. The molecule has 0 aromatic carbocycles. The van der Waals surface area contributed by atoms with E-state index in [0.717, 1.165) is 12.8 Å². The van der Waals surface area contributed by atoms with Crippen LogP contribution in [0, 0.1) is 0 Å². The van der Waals surface area contributed by atoms with Crippen LogP contribution in [0.5, 0.6) is 0 Å². The predicted octanol–water partition coefficient (Wildman–Crippen LogP) is 6.29. The van der Waals surface area contributed by atoms with Crippen LogP contribution in [-0.4, -0.2) is 35.0 Å². The van der Waals surface area contributed by atoms with Crippen LogP contribution in [0.3, 0.4) is 0 Å². The summed E-state index contributed by atoms with van der Waals surface area (Å²) in [6.45, 7) is 22.2. The summed E-state index contributed by atoms with van der Waals surface area (Å²) in [5.74, 6) is 0. The SMILES string of the molecule is CC(C)(C)[Si](C)(C)OC1CCC(O[Si](C)(C)C(C)(C)C)[C@@H](F)C1. The lowest BCUT2D eigenvalue weighted by molar-refractivity contribution is 0.00136. The molecule has 2 unspecified atom stereocenters. The van der Waals surface area contributed by atoms with Gasteiger partial charge in [-0.2, -0.15) is 0 Å². The zero-order chi connectivity index (χ0) is 18.3. The molecule has 0 bridgehead atoms. The Morgan fingerprint density at radius 1 is 0.783 bits per heavy atom. The van der Waals surface area contributed by atoms with Gasteiger partial charge in [0.1, 0.15) is 6.17 Å². The van der Waals surface area contributed by atoms with Gasteiger partial charge in [-0.05, 0) is 49.1 Å². The highest BCUT2D eigenvalue weighted by atomic mass is 28.4. The average molecular weight is 363 g/mol. The molecule has 1 aliphatic rings. The zero-order valence-electron chi connectivity index (χ0n) is 17.0. The molecular formula is C18H39FO2Si2. The molecule has 0 radical (unpaired) electrons. The maximum absolute atomic E-state index is 14.7. The van der Waals surface area contributed by atoms with Gasteiger partial charge < -0.3 is 8.85 Å². The van der Waals surface area contributed by atoms with Crippen molar-refractivity contribution >= 4 is 16.6 Å². The van der Waals surface area contributed by atoms with E-state index in [4.69, 9.17) is 8.85 Å². The van der Waals surface area contributed by atoms with Crippen molar-refractivity contribution in [3.05, 3.63) is 0 Å². The Kier molecular flexibility index (Phi) is 6.39.